The van der Waals surface area contributed by atoms with Gasteiger partial charge in [0, 0.05) is 43.7 Å². The Balaban J connectivity index is 1.32. The molecule has 2 aromatic carbocycles. The van der Waals surface area contributed by atoms with Crippen LogP contribution in [0, 0.1) is 18.8 Å². The van der Waals surface area contributed by atoms with Crippen LogP contribution in [0.3, 0.4) is 0 Å². The molecule has 34 heavy (non-hydrogen) atoms. The summed E-state index contributed by atoms with van der Waals surface area (Å²) in [6.45, 7) is 3.40. The van der Waals surface area contributed by atoms with Gasteiger partial charge in [-0.25, -0.2) is 0 Å². The molecular formula is C26H31N3O5. The number of carbonyl (C=O) groups is 3. The molecule has 2 saturated heterocycles. The summed E-state index contributed by atoms with van der Waals surface area (Å²) in [5.74, 6) is 0.516. The molecule has 0 spiro atoms. The predicted octanol–water partition coefficient (Wildman–Crippen LogP) is 3.24. The van der Waals surface area contributed by atoms with E-state index in [0.29, 0.717) is 49.7 Å². The maximum absolute atomic E-state index is 13.1. The highest BCUT2D eigenvalue weighted by Gasteiger charge is 2.38. The van der Waals surface area contributed by atoms with Crippen LogP contribution < -0.4 is 19.7 Å². The Morgan fingerprint density at radius 2 is 1.68 bits per heavy atom. The Morgan fingerprint density at radius 3 is 2.32 bits per heavy atom. The number of nitrogens with zero attached hydrogens (tertiary/aromatic N) is 2. The van der Waals surface area contributed by atoms with Crippen molar-refractivity contribution in [1.82, 2.24) is 4.90 Å². The Labute approximate surface area is 199 Å². The maximum Gasteiger partial charge on any atom is 0.228 e. The van der Waals surface area contributed by atoms with E-state index in [0.717, 1.165) is 11.3 Å². The summed E-state index contributed by atoms with van der Waals surface area (Å²) in [5.41, 5.74) is 2.51. The van der Waals surface area contributed by atoms with Gasteiger partial charge in [0.1, 0.15) is 11.5 Å². The number of nitrogens with one attached hydrogen (secondary N) is 1. The van der Waals surface area contributed by atoms with Gasteiger partial charge in [0.2, 0.25) is 17.7 Å². The number of likely N-dealkylation sites (tertiary alicyclic amines) is 1. The van der Waals surface area contributed by atoms with Crippen molar-refractivity contribution in [2.75, 3.05) is 44.1 Å². The van der Waals surface area contributed by atoms with E-state index in [4.69, 9.17) is 9.47 Å². The number of hydrogen-bond donors (Lipinski definition) is 1. The van der Waals surface area contributed by atoms with Gasteiger partial charge in [-0.1, -0.05) is 17.7 Å². The monoisotopic (exact) mass is 465 g/mol. The van der Waals surface area contributed by atoms with Crippen molar-refractivity contribution in [2.24, 2.45) is 11.8 Å². The first-order valence-corrected chi connectivity index (χ1v) is 11.6. The van der Waals surface area contributed by atoms with Gasteiger partial charge < -0.3 is 24.6 Å². The summed E-state index contributed by atoms with van der Waals surface area (Å²) < 4.78 is 10.6. The minimum atomic E-state index is -0.347. The molecule has 2 aliphatic rings. The number of aryl methyl sites for hydroxylation is 1. The summed E-state index contributed by atoms with van der Waals surface area (Å²) in [7, 11) is 3.12. The molecule has 0 saturated carbocycles. The summed E-state index contributed by atoms with van der Waals surface area (Å²) in [6, 6.07) is 13.0. The Bertz CT molecular complexity index is 1060. The zero-order valence-corrected chi connectivity index (χ0v) is 19.9. The topological polar surface area (TPSA) is 88.2 Å². The standard InChI is InChI=1S/C26H31N3O5/c1-17-4-6-20(7-5-17)29-16-19(14-24(29)30)26(32)28-12-10-18(11-13-28)25(31)27-22-15-21(33-2)8-9-23(22)34-3/h4-9,15,18-19H,10-14,16H2,1-3H3,(H,27,31)/t19-/m1/s1. The fraction of sp³-hybridized carbons (Fsp3) is 0.423. The lowest BCUT2D eigenvalue weighted by molar-refractivity contribution is -0.138. The Morgan fingerprint density at radius 1 is 0.971 bits per heavy atom. The molecule has 0 bridgehead atoms. The van der Waals surface area contributed by atoms with Crippen molar-refractivity contribution in [1.29, 1.82) is 0 Å². The molecule has 2 heterocycles. The second kappa shape index (κ2) is 10.2. The van der Waals surface area contributed by atoms with Crippen LogP contribution in [0.2, 0.25) is 0 Å². The summed E-state index contributed by atoms with van der Waals surface area (Å²) in [5, 5.41) is 2.94. The molecule has 8 nitrogen and oxygen atoms in total. The second-order valence-electron chi connectivity index (χ2n) is 8.90. The van der Waals surface area contributed by atoms with Crippen LogP contribution in [-0.2, 0) is 14.4 Å². The Kier molecular flexibility index (Phi) is 7.05. The number of hydrogen-bond acceptors (Lipinski definition) is 5. The van der Waals surface area contributed by atoms with Gasteiger partial charge in [-0.15, -0.1) is 0 Å². The van der Waals surface area contributed by atoms with E-state index in [2.05, 4.69) is 5.32 Å². The van der Waals surface area contributed by atoms with E-state index in [9.17, 15) is 14.4 Å². The van der Waals surface area contributed by atoms with Gasteiger partial charge in [-0.3, -0.25) is 14.4 Å². The average Bonchev–Trinajstić information content (AvgIpc) is 3.25. The number of ether oxygens (including phenoxy) is 2. The quantitative estimate of drug-likeness (QED) is 0.708. The SMILES string of the molecule is COc1ccc(OC)c(NC(=O)C2CCN(C(=O)[C@@H]3CC(=O)N(c4ccc(C)cc4)C3)CC2)c1. The van der Waals surface area contributed by atoms with E-state index < -0.39 is 0 Å². The zero-order chi connectivity index (χ0) is 24.2. The molecule has 8 heteroatoms. The molecule has 3 amide bonds. The van der Waals surface area contributed by atoms with E-state index in [1.54, 1.807) is 42.2 Å². The van der Waals surface area contributed by atoms with Gasteiger partial charge in [-0.2, -0.15) is 0 Å². The molecule has 0 unspecified atom stereocenters. The van der Waals surface area contributed by atoms with Gasteiger partial charge in [0.05, 0.1) is 25.8 Å². The fourth-order valence-electron chi connectivity index (χ4n) is 4.61. The van der Waals surface area contributed by atoms with Crippen molar-refractivity contribution in [2.45, 2.75) is 26.2 Å². The van der Waals surface area contributed by atoms with E-state index in [-0.39, 0.29) is 36.0 Å². The van der Waals surface area contributed by atoms with Crippen LogP contribution in [0.25, 0.3) is 0 Å². The number of carbonyl (C=O) groups excluding carboxylic acids is 3. The minimum absolute atomic E-state index is 0.00344. The summed E-state index contributed by atoms with van der Waals surface area (Å²) in [6.07, 6.45) is 1.38. The highest BCUT2D eigenvalue weighted by atomic mass is 16.5. The lowest BCUT2D eigenvalue weighted by atomic mass is 9.94. The minimum Gasteiger partial charge on any atom is -0.497 e. The number of piperidine rings is 1. The average molecular weight is 466 g/mol. The number of benzene rings is 2. The first-order chi connectivity index (χ1) is 16.4. The highest BCUT2D eigenvalue weighted by molar-refractivity contribution is 6.00. The largest absolute Gasteiger partial charge is 0.497 e. The van der Waals surface area contributed by atoms with Gasteiger partial charge in [0.25, 0.3) is 0 Å². The molecule has 0 aliphatic carbocycles. The molecule has 0 radical (unpaired) electrons. The van der Waals surface area contributed by atoms with Crippen molar-refractivity contribution < 1.29 is 23.9 Å². The molecule has 1 N–H and O–H groups in total. The molecule has 2 aliphatic heterocycles. The third-order valence-corrected chi connectivity index (χ3v) is 6.66. The number of methoxy groups -OCH3 is 2. The van der Waals surface area contributed by atoms with Crippen molar-refractivity contribution in [3.8, 4) is 11.5 Å². The molecule has 180 valence electrons. The first-order valence-electron chi connectivity index (χ1n) is 11.6. The van der Waals surface area contributed by atoms with Gasteiger partial charge >= 0.3 is 0 Å². The lowest BCUT2D eigenvalue weighted by Gasteiger charge is -2.33. The highest BCUT2D eigenvalue weighted by Crippen LogP contribution is 2.31. The van der Waals surface area contributed by atoms with E-state index in [1.165, 1.54) is 0 Å². The number of rotatable bonds is 6. The van der Waals surface area contributed by atoms with Crippen molar-refractivity contribution >= 4 is 29.1 Å². The number of amides is 3. The third-order valence-electron chi connectivity index (χ3n) is 6.66. The molecule has 1 atom stereocenters. The smallest absolute Gasteiger partial charge is 0.228 e. The van der Waals surface area contributed by atoms with Crippen molar-refractivity contribution in [3.05, 3.63) is 48.0 Å². The van der Waals surface area contributed by atoms with Crippen LogP contribution in [0.4, 0.5) is 11.4 Å². The van der Waals surface area contributed by atoms with Crippen LogP contribution in [0.1, 0.15) is 24.8 Å². The van der Waals surface area contributed by atoms with E-state index in [1.807, 2.05) is 31.2 Å². The fourth-order valence-corrected chi connectivity index (χ4v) is 4.61. The zero-order valence-electron chi connectivity index (χ0n) is 19.9. The summed E-state index contributed by atoms with van der Waals surface area (Å²) >= 11 is 0. The van der Waals surface area contributed by atoms with Crippen molar-refractivity contribution in [3.63, 3.8) is 0 Å². The maximum atomic E-state index is 13.1. The first kappa shape index (κ1) is 23.6. The molecular weight excluding hydrogens is 434 g/mol. The van der Waals surface area contributed by atoms with Crippen LogP contribution in [0.5, 0.6) is 11.5 Å². The van der Waals surface area contributed by atoms with Crippen LogP contribution in [-0.4, -0.2) is 56.5 Å². The molecule has 2 aromatic rings. The van der Waals surface area contributed by atoms with Gasteiger partial charge in [0.15, 0.2) is 0 Å². The Hall–Kier alpha value is -3.55. The van der Waals surface area contributed by atoms with Gasteiger partial charge in [-0.05, 0) is 44.0 Å². The molecule has 0 aromatic heterocycles. The molecule has 4 rings (SSSR count). The predicted molar refractivity (Wildman–Crippen MR) is 129 cm³/mol. The van der Waals surface area contributed by atoms with Crippen LogP contribution in [0.15, 0.2) is 42.5 Å². The second-order valence-corrected chi connectivity index (χ2v) is 8.90. The third kappa shape index (κ3) is 5.00. The van der Waals surface area contributed by atoms with E-state index >= 15 is 0 Å². The number of anilines is 2. The normalized spacial score (nSPS) is 18.7. The molecule has 2 fully saturated rings. The summed E-state index contributed by atoms with van der Waals surface area (Å²) in [4.78, 5) is 42.0. The lowest BCUT2D eigenvalue weighted by Crippen LogP contribution is -2.44. The van der Waals surface area contributed by atoms with Crippen LogP contribution >= 0.6 is 0 Å².